The molecule has 3 rings (SSSR count). The zero-order valence-electron chi connectivity index (χ0n) is 9.85. The number of nitrogens with zero attached hydrogens (tertiary/aromatic N) is 3. The van der Waals surface area contributed by atoms with E-state index in [1.165, 1.54) is 6.07 Å². The van der Waals surface area contributed by atoms with E-state index < -0.39 is 4.92 Å². The lowest BCUT2D eigenvalue weighted by Crippen LogP contribution is -1.94. The third kappa shape index (κ3) is 2.01. The molecule has 5 nitrogen and oxygen atoms in total. The van der Waals surface area contributed by atoms with Crippen molar-refractivity contribution in [3.05, 3.63) is 64.8 Å². The highest BCUT2D eigenvalue weighted by atomic mass is 16.6. The summed E-state index contributed by atoms with van der Waals surface area (Å²) in [7, 11) is 0. The molecule has 2 heterocycles. The summed E-state index contributed by atoms with van der Waals surface area (Å²) in [5, 5.41) is 11.9. The average Bonchev–Trinajstić information content (AvgIpc) is 2.46. The fourth-order valence-electron chi connectivity index (χ4n) is 1.95. The lowest BCUT2D eigenvalue weighted by atomic mass is 10.1. The van der Waals surface area contributed by atoms with Gasteiger partial charge in [-0.25, -0.2) is 9.97 Å². The van der Waals surface area contributed by atoms with Crippen molar-refractivity contribution >= 4 is 16.7 Å². The summed E-state index contributed by atoms with van der Waals surface area (Å²) in [6.07, 6.45) is 1.65. The van der Waals surface area contributed by atoms with E-state index in [1.54, 1.807) is 30.5 Å². The minimum atomic E-state index is -0.403. The van der Waals surface area contributed by atoms with Crippen LogP contribution in [0.15, 0.2) is 54.7 Å². The van der Waals surface area contributed by atoms with Crippen LogP contribution in [0.4, 0.5) is 5.69 Å². The molecule has 0 aliphatic heterocycles. The molecule has 0 spiro atoms. The van der Waals surface area contributed by atoms with Crippen molar-refractivity contribution in [3.8, 4) is 11.3 Å². The first kappa shape index (κ1) is 11.3. The first-order chi connectivity index (χ1) is 9.25. The summed E-state index contributed by atoms with van der Waals surface area (Å²) in [5.74, 6) is 0. The van der Waals surface area contributed by atoms with E-state index in [4.69, 9.17) is 0 Å². The number of hydrogen-bond donors (Lipinski definition) is 0. The topological polar surface area (TPSA) is 68.9 Å². The molecule has 0 radical (unpaired) electrons. The molecule has 0 bridgehead atoms. The number of nitro groups is 1. The van der Waals surface area contributed by atoms with Crippen molar-refractivity contribution in [1.29, 1.82) is 0 Å². The molecule has 0 atom stereocenters. The van der Waals surface area contributed by atoms with Gasteiger partial charge in [0.15, 0.2) is 5.65 Å². The Hall–Kier alpha value is -2.82. The zero-order valence-corrected chi connectivity index (χ0v) is 9.85. The zero-order chi connectivity index (χ0) is 13.2. The summed E-state index contributed by atoms with van der Waals surface area (Å²) in [6, 6.07) is 13.9. The quantitative estimate of drug-likeness (QED) is 0.518. The van der Waals surface area contributed by atoms with Crippen LogP contribution in [0, 0.1) is 10.1 Å². The van der Waals surface area contributed by atoms with Crippen LogP contribution in [0.1, 0.15) is 0 Å². The second kappa shape index (κ2) is 4.45. The van der Waals surface area contributed by atoms with Gasteiger partial charge in [-0.2, -0.15) is 0 Å². The number of hydrogen-bond acceptors (Lipinski definition) is 4. The second-order valence-electron chi connectivity index (χ2n) is 4.02. The van der Waals surface area contributed by atoms with Crippen LogP contribution in [0.5, 0.6) is 0 Å². The van der Waals surface area contributed by atoms with Crippen LogP contribution in [0.2, 0.25) is 0 Å². The highest BCUT2D eigenvalue weighted by Crippen LogP contribution is 2.28. The SMILES string of the molecule is O=[N+]([O-])c1ccccc1-c1ccc2cccnc2n1. The monoisotopic (exact) mass is 251 g/mol. The minimum Gasteiger partial charge on any atom is -0.258 e. The smallest absolute Gasteiger partial charge is 0.258 e. The van der Waals surface area contributed by atoms with Crippen molar-refractivity contribution in [2.45, 2.75) is 0 Å². The number of para-hydroxylation sites is 1. The summed E-state index contributed by atoms with van der Waals surface area (Å²) in [4.78, 5) is 19.2. The van der Waals surface area contributed by atoms with Crippen LogP contribution in [-0.2, 0) is 0 Å². The number of nitro benzene ring substituents is 1. The first-order valence-electron chi connectivity index (χ1n) is 5.71. The lowest BCUT2D eigenvalue weighted by Gasteiger charge is -2.03. The molecular weight excluding hydrogens is 242 g/mol. The minimum absolute atomic E-state index is 0.0466. The molecule has 3 aromatic rings. The molecule has 0 amide bonds. The van der Waals surface area contributed by atoms with E-state index in [2.05, 4.69) is 9.97 Å². The summed E-state index contributed by atoms with van der Waals surface area (Å²) < 4.78 is 0. The van der Waals surface area contributed by atoms with Gasteiger partial charge in [0.2, 0.25) is 0 Å². The molecule has 0 saturated carbocycles. The predicted octanol–water partition coefficient (Wildman–Crippen LogP) is 3.21. The molecule has 92 valence electrons. The molecule has 0 unspecified atom stereocenters. The van der Waals surface area contributed by atoms with E-state index >= 15 is 0 Å². The summed E-state index contributed by atoms with van der Waals surface area (Å²) >= 11 is 0. The maximum atomic E-state index is 11.0. The van der Waals surface area contributed by atoms with Gasteiger partial charge in [0.05, 0.1) is 16.2 Å². The van der Waals surface area contributed by atoms with Crippen molar-refractivity contribution in [3.63, 3.8) is 0 Å². The molecule has 0 aliphatic carbocycles. The van der Waals surface area contributed by atoms with Crippen molar-refractivity contribution in [1.82, 2.24) is 9.97 Å². The number of aromatic nitrogens is 2. The molecule has 1 aromatic carbocycles. The molecular formula is C14H9N3O2. The van der Waals surface area contributed by atoms with Crippen molar-refractivity contribution in [2.24, 2.45) is 0 Å². The van der Waals surface area contributed by atoms with Gasteiger partial charge in [-0.3, -0.25) is 10.1 Å². The Morgan fingerprint density at radius 1 is 1.00 bits per heavy atom. The van der Waals surface area contributed by atoms with Crippen molar-refractivity contribution in [2.75, 3.05) is 0 Å². The van der Waals surface area contributed by atoms with Gasteiger partial charge >= 0.3 is 0 Å². The van der Waals surface area contributed by atoms with Gasteiger partial charge in [0.1, 0.15) is 0 Å². The number of benzene rings is 1. The average molecular weight is 251 g/mol. The van der Waals surface area contributed by atoms with Crippen LogP contribution in [0.3, 0.4) is 0 Å². The Labute approximate surface area is 108 Å². The molecule has 5 heteroatoms. The maximum absolute atomic E-state index is 11.0. The highest BCUT2D eigenvalue weighted by molar-refractivity contribution is 5.80. The Morgan fingerprint density at radius 3 is 2.68 bits per heavy atom. The van der Waals surface area contributed by atoms with Gasteiger partial charge in [-0.15, -0.1) is 0 Å². The Bertz CT molecular complexity index is 771. The van der Waals surface area contributed by atoms with E-state index in [1.807, 2.05) is 18.2 Å². The predicted molar refractivity (Wildman–Crippen MR) is 71.6 cm³/mol. The van der Waals surface area contributed by atoms with E-state index in [9.17, 15) is 10.1 Å². The van der Waals surface area contributed by atoms with Crippen LogP contribution < -0.4 is 0 Å². The maximum Gasteiger partial charge on any atom is 0.278 e. The molecule has 2 aromatic heterocycles. The largest absolute Gasteiger partial charge is 0.278 e. The summed E-state index contributed by atoms with van der Waals surface area (Å²) in [5.41, 5.74) is 1.68. The van der Waals surface area contributed by atoms with E-state index in [-0.39, 0.29) is 5.69 Å². The second-order valence-corrected chi connectivity index (χ2v) is 4.02. The fraction of sp³-hybridized carbons (Fsp3) is 0. The Kier molecular flexibility index (Phi) is 2.64. The van der Waals surface area contributed by atoms with Gasteiger partial charge in [-0.1, -0.05) is 12.1 Å². The third-order valence-electron chi connectivity index (χ3n) is 2.84. The van der Waals surface area contributed by atoms with Gasteiger partial charge in [0.25, 0.3) is 5.69 Å². The normalized spacial score (nSPS) is 10.5. The van der Waals surface area contributed by atoms with E-state index in [0.717, 1.165) is 5.39 Å². The molecule has 0 saturated heterocycles. The molecule has 19 heavy (non-hydrogen) atoms. The Morgan fingerprint density at radius 2 is 1.84 bits per heavy atom. The number of pyridine rings is 2. The lowest BCUT2D eigenvalue weighted by molar-refractivity contribution is -0.384. The van der Waals surface area contributed by atoms with Crippen LogP contribution in [-0.4, -0.2) is 14.9 Å². The Balaban J connectivity index is 2.22. The van der Waals surface area contributed by atoms with E-state index in [0.29, 0.717) is 16.9 Å². The van der Waals surface area contributed by atoms with Gasteiger partial charge in [0, 0.05) is 17.6 Å². The summed E-state index contributed by atoms with van der Waals surface area (Å²) in [6.45, 7) is 0. The third-order valence-corrected chi connectivity index (χ3v) is 2.84. The molecule has 0 aliphatic rings. The van der Waals surface area contributed by atoms with Gasteiger partial charge in [-0.05, 0) is 30.3 Å². The van der Waals surface area contributed by atoms with Crippen molar-refractivity contribution < 1.29 is 4.92 Å². The first-order valence-corrected chi connectivity index (χ1v) is 5.71. The van der Waals surface area contributed by atoms with Crippen LogP contribution in [0.25, 0.3) is 22.3 Å². The van der Waals surface area contributed by atoms with Gasteiger partial charge < -0.3 is 0 Å². The number of rotatable bonds is 2. The standard InChI is InChI=1S/C14H9N3O2/c18-17(19)13-6-2-1-5-11(13)12-8-7-10-4-3-9-15-14(10)16-12/h1-9H. The fourth-order valence-corrected chi connectivity index (χ4v) is 1.95. The molecule has 0 N–H and O–H groups in total. The number of fused-ring (bicyclic) bond motifs is 1. The highest BCUT2D eigenvalue weighted by Gasteiger charge is 2.15. The van der Waals surface area contributed by atoms with Crippen LogP contribution >= 0.6 is 0 Å². The molecule has 0 fully saturated rings.